The SMILES string of the molecule is CC(C)[C@@H]1NC(=O)COc2ccc(cc2)C[C@@H](C(=O)N2CCC(F)(F)CC2)NC(=O)[C@H](C)NC(=O)[C@H]2CCCN2C1=O. The Balaban J connectivity index is 1.59. The highest BCUT2D eigenvalue weighted by Gasteiger charge is 2.40. The molecule has 4 atom stereocenters. The Hall–Kier alpha value is -3.77. The number of benzene rings is 1. The van der Waals surface area contributed by atoms with E-state index in [4.69, 9.17) is 4.74 Å². The summed E-state index contributed by atoms with van der Waals surface area (Å²) in [6.07, 6.45) is 0.120. The maximum absolute atomic E-state index is 13.7. The third-order valence-corrected chi connectivity index (χ3v) is 7.99. The third kappa shape index (κ3) is 7.54. The molecule has 0 saturated carbocycles. The molecule has 0 radical (unpaired) electrons. The third-order valence-electron chi connectivity index (χ3n) is 7.99. The number of nitrogens with one attached hydrogen (secondary N) is 3. The van der Waals surface area contributed by atoms with Gasteiger partial charge in [-0.3, -0.25) is 24.0 Å². The molecule has 0 unspecified atom stereocenters. The molecule has 1 aromatic carbocycles. The lowest BCUT2D eigenvalue weighted by molar-refractivity contribution is -0.144. The first-order valence-corrected chi connectivity index (χ1v) is 14.4. The molecular formula is C29H39F2N5O6. The summed E-state index contributed by atoms with van der Waals surface area (Å²) in [5.41, 5.74) is 0.662. The number of carbonyl (C=O) groups is 5. The summed E-state index contributed by atoms with van der Waals surface area (Å²) in [5.74, 6) is -5.24. The monoisotopic (exact) mass is 591 g/mol. The van der Waals surface area contributed by atoms with Crippen LogP contribution in [0.5, 0.6) is 5.75 Å². The molecule has 11 nitrogen and oxygen atoms in total. The van der Waals surface area contributed by atoms with Crippen molar-refractivity contribution in [3.05, 3.63) is 29.8 Å². The average Bonchev–Trinajstić information content (AvgIpc) is 3.44. The van der Waals surface area contributed by atoms with Gasteiger partial charge in [0.15, 0.2) is 6.61 Å². The number of piperidine rings is 1. The second-order valence-electron chi connectivity index (χ2n) is 11.6. The van der Waals surface area contributed by atoms with Gasteiger partial charge in [-0.05, 0) is 43.4 Å². The zero-order chi connectivity index (χ0) is 30.6. The van der Waals surface area contributed by atoms with E-state index in [-0.39, 0.29) is 32.0 Å². The Morgan fingerprint density at radius 3 is 2.29 bits per heavy atom. The molecule has 2 saturated heterocycles. The Morgan fingerprint density at radius 1 is 0.976 bits per heavy atom. The van der Waals surface area contributed by atoms with Crippen LogP contribution in [0.1, 0.15) is 52.0 Å². The van der Waals surface area contributed by atoms with E-state index in [1.165, 1.54) is 16.7 Å². The maximum Gasteiger partial charge on any atom is 0.258 e. The van der Waals surface area contributed by atoms with Gasteiger partial charge in [0.1, 0.15) is 29.9 Å². The number of nitrogens with zero attached hydrogens (tertiary/aromatic N) is 2. The summed E-state index contributed by atoms with van der Waals surface area (Å²) in [6, 6.07) is 2.77. The summed E-state index contributed by atoms with van der Waals surface area (Å²) >= 11 is 0. The van der Waals surface area contributed by atoms with E-state index in [1.54, 1.807) is 38.1 Å². The normalized spacial score (nSPS) is 27.7. The number of halogens is 2. The molecule has 230 valence electrons. The van der Waals surface area contributed by atoms with Crippen molar-refractivity contribution in [2.45, 2.75) is 83.0 Å². The van der Waals surface area contributed by atoms with Crippen molar-refractivity contribution >= 4 is 29.5 Å². The molecule has 13 heteroatoms. The molecule has 1 aromatic rings. The summed E-state index contributed by atoms with van der Waals surface area (Å²) in [6.45, 7) is 4.78. The van der Waals surface area contributed by atoms with Gasteiger partial charge in [0.2, 0.25) is 23.6 Å². The minimum Gasteiger partial charge on any atom is -0.484 e. The van der Waals surface area contributed by atoms with Gasteiger partial charge >= 0.3 is 0 Å². The fourth-order valence-electron chi connectivity index (χ4n) is 5.46. The van der Waals surface area contributed by atoms with Crippen LogP contribution in [0.25, 0.3) is 0 Å². The number of amides is 5. The van der Waals surface area contributed by atoms with Gasteiger partial charge in [-0.25, -0.2) is 8.78 Å². The lowest BCUT2D eigenvalue weighted by atomic mass is 10.0. The largest absolute Gasteiger partial charge is 0.484 e. The van der Waals surface area contributed by atoms with E-state index in [0.717, 1.165) is 0 Å². The zero-order valence-electron chi connectivity index (χ0n) is 24.2. The van der Waals surface area contributed by atoms with Gasteiger partial charge in [-0.2, -0.15) is 0 Å². The molecule has 4 heterocycles. The molecule has 4 aliphatic heterocycles. The van der Waals surface area contributed by atoms with Gasteiger partial charge in [0, 0.05) is 38.9 Å². The number of likely N-dealkylation sites (tertiary alicyclic amines) is 1. The summed E-state index contributed by atoms with van der Waals surface area (Å²) < 4.78 is 33.1. The standard InChI is InChI=1S/C29H39F2N5O6/c1-17(2)24-28(41)36-12-4-5-22(36)26(39)32-18(3)25(38)33-21(27(40)35-13-10-29(30,31)11-14-35)15-19-6-8-20(9-7-19)42-16-23(37)34-24/h6-9,17-18,21-22,24H,4-5,10-16H2,1-3H3,(H,32,39)(H,33,38)(H,34,37)/t18-,21-,22+,24-/m0/s1. The highest BCUT2D eigenvalue weighted by atomic mass is 19.3. The Morgan fingerprint density at radius 2 is 1.64 bits per heavy atom. The minimum absolute atomic E-state index is 0.0693. The van der Waals surface area contributed by atoms with Crippen molar-refractivity contribution in [2.24, 2.45) is 5.92 Å². The van der Waals surface area contributed by atoms with E-state index >= 15 is 0 Å². The maximum atomic E-state index is 13.7. The topological polar surface area (TPSA) is 137 Å². The first kappa shape index (κ1) is 31.2. The fraction of sp³-hybridized carbons (Fsp3) is 0.621. The van der Waals surface area contributed by atoms with Crippen LogP contribution in [0.3, 0.4) is 0 Å². The molecule has 2 bridgehead atoms. The Bertz CT molecular complexity index is 1180. The predicted octanol–water partition coefficient (Wildman–Crippen LogP) is 1.00. The van der Waals surface area contributed by atoms with Crippen molar-refractivity contribution in [2.75, 3.05) is 26.2 Å². The van der Waals surface area contributed by atoms with Gasteiger partial charge in [-0.1, -0.05) is 26.0 Å². The van der Waals surface area contributed by atoms with Crippen LogP contribution in [0.2, 0.25) is 0 Å². The quantitative estimate of drug-likeness (QED) is 0.470. The van der Waals surface area contributed by atoms with Crippen molar-refractivity contribution in [3.63, 3.8) is 0 Å². The number of rotatable bonds is 2. The summed E-state index contributed by atoms with van der Waals surface area (Å²) in [7, 11) is 0. The number of hydrogen-bond donors (Lipinski definition) is 3. The van der Waals surface area contributed by atoms with Crippen LogP contribution in [-0.4, -0.2) is 95.7 Å². The number of alkyl halides is 2. The van der Waals surface area contributed by atoms with Crippen molar-refractivity contribution in [3.8, 4) is 5.75 Å². The van der Waals surface area contributed by atoms with Crippen LogP contribution in [0, 0.1) is 5.92 Å². The number of hydrogen-bond acceptors (Lipinski definition) is 6. The van der Waals surface area contributed by atoms with Gasteiger partial charge in [0.25, 0.3) is 11.8 Å². The number of fused-ring (bicyclic) bond motifs is 13. The molecule has 2 fully saturated rings. The van der Waals surface area contributed by atoms with E-state index in [2.05, 4.69) is 16.0 Å². The highest BCUT2D eigenvalue weighted by Crippen LogP contribution is 2.28. The molecule has 5 amide bonds. The lowest BCUT2D eigenvalue weighted by Crippen LogP contribution is -2.58. The number of ether oxygens (including phenoxy) is 1. The predicted molar refractivity (Wildman–Crippen MR) is 147 cm³/mol. The first-order chi connectivity index (χ1) is 19.8. The van der Waals surface area contributed by atoms with E-state index < -0.39 is 72.5 Å². The summed E-state index contributed by atoms with van der Waals surface area (Å²) in [4.78, 5) is 68.8. The average molecular weight is 592 g/mol. The fourth-order valence-corrected chi connectivity index (χ4v) is 5.46. The van der Waals surface area contributed by atoms with E-state index in [1.807, 2.05) is 0 Å². The van der Waals surface area contributed by atoms with Crippen molar-refractivity contribution in [1.82, 2.24) is 25.8 Å². The van der Waals surface area contributed by atoms with Gasteiger partial charge in [0.05, 0.1) is 0 Å². The molecule has 0 aliphatic carbocycles. The Labute approximate surface area is 243 Å². The Kier molecular flexibility index (Phi) is 9.67. The first-order valence-electron chi connectivity index (χ1n) is 14.4. The van der Waals surface area contributed by atoms with Crippen LogP contribution in [-0.2, 0) is 30.4 Å². The molecular weight excluding hydrogens is 552 g/mol. The van der Waals surface area contributed by atoms with Crippen LogP contribution >= 0.6 is 0 Å². The van der Waals surface area contributed by atoms with Gasteiger partial charge in [-0.15, -0.1) is 0 Å². The second-order valence-corrected chi connectivity index (χ2v) is 11.6. The zero-order valence-corrected chi connectivity index (χ0v) is 24.2. The van der Waals surface area contributed by atoms with E-state index in [9.17, 15) is 32.8 Å². The molecule has 4 aliphatic rings. The van der Waals surface area contributed by atoms with Crippen LogP contribution in [0.15, 0.2) is 24.3 Å². The lowest BCUT2D eigenvalue weighted by Gasteiger charge is -2.34. The van der Waals surface area contributed by atoms with E-state index in [0.29, 0.717) is 30.7 Å². The molecule has 42 heavy (non-hydrogen) atoms. The van der Waals surface area contributed by atoms with Crippen molar-refractivity contribution in [1.29, 1.82) is 0 Å². The van der Waals surface area contributed by atoms with Crippen LogP contribution < -0.4 is 20.7 Å². The van der Waals surface area contributed by atoms with Crippen LogP contribution in [0.4, 0.5) is 8.78 Å². The van der Waals surface area contributed by atoms with Crippen molar-refractivity contribution < 1.29 is 37.5 Å². The van der Waals surface area contributed by atoms with Gasteiger partial charge < -0.3 is 30.5 Å². The smallest absolute Gasteiger partial charge is 0.258 e. The molecule has 0 spiro atoms. The highest BCUT2D eigenvalue weighted by molar-refractivity contribution is 5.96. The minimum atomic E-state index is -2.84. The number of carbonyl (C=O) groups excluding carboxylic acids is 5. The second kappa shape index (κ2) is 13.0. The molecule has 0 aromatic heterocycles. The summed E-state index contributed by atoms with van der Waals surface area (Å²) in [5, 5.41) is 8.09. The molecule has 5 rings (SSSR count). The molecule has 3 N–H and O–H groups in total.